The molecule has 1 rings (SSSR count). The molecule has 0 heterocycles. The molecular formula is C58H104O3. The van der Waals surface area contributed by atoms with Crippen LogP contribution in [0.2, 0.25) is 0 Å². The molecule has 0 spiro atoms. The van der Waals surface area contributed by atoms with E-state index in [9.17, 15) is 0 Å². The Kier molecular flexibility index (Phi) is 40.9. The molecule has 1 aromatic rings. The normalized spacial score (nSPS) is 11.6. The molecule has 354 valence electrons. The topological polar surface area (TPSA) is 27.7 Å². The van der Waals surface area contributed by atoms with Gasteiger partial charge in [0.15, 0.2) is 0 Å². The summed E-state index contributed by atoms with van der Waals surface area (Å²) in [6.45, 7) is 15.5. The summed E-state index contributed by atoms with van der Waals surface area (Å²) in [5.41, 5.74) is 5.83. The van der Waals surface area contributed by atoms with Crippen LogP contribution in [0.15, 0.2) is 65.3 Å². The minimum atomic E-state index is -0.877. The van der Waals surface area contributed by atoms with Crippen LogP contribution in [0.3, 0.4) is 0 Å². The van der Waals surface area contributed by atoms with E-state index in [0.29, 0.717) is 0 Å². The number of ether oxygens (including phenoxy) is 3. The Balaban J connectivity index is 2.62. The van der Waals surface area contributed by atoms with Gasteiger partial charge in [0, 0.05) is 6.42 Å². The zero-order valence-electron chi connectivity index (χ0n) is 41.9. The zero-order valence-corrected chi connectivity index (χ0v) is 41.9. The molecule has 0 N–H and O–H groups in total. The van der Waals surface area contributed by atoms with Crippen LogP contribution in [0.5, 0.6) is 0 Å². The van der Waals surface area contributed by atoms with Crippen LogP contribution in [-0.2, 0) is 20.6 Å². The number of benzene rings is 1. The van der Waals surface area contributed by atoms with E-state index in [1.54, 1.807) is 0 Å². The van der Waals surface area contributed by atoms with Gasteiger partial charge in [0.25, 0.3) is 5.97 Å². The Morgan fingerprint density at radius 3 is 0.951 bits per heavy atom. The van der Waals surface area contributed by atoms with Crippen LogP contribution in [0.1, 0.15) is 272 Å². The van der Waals surface area contributed by atoms with Crippen LogP contribution in [0.25, 0.3) is 0 Å². The molecule has 0 saturated carbocycles. The summed E-state index contributed by atoms with van der Waals surface area (Å²) >= 11 is 0. The quantitative estimate of drug-likeness (QED) is 0.0372. The average Bonchev–Trinajstić information content (AvgIpc) is 3.24. The Bertz CT molecular complexity index is 1040. The van der Waals surface area contributed by atoms with Crippen molar-refractivity contribution < 1.29 is 14.2 Å². The van der Waals surface area contributed by atoms with Gasteiger partial charge in [-0.1, -0.05) is 213 Å². The van der Waals surface area contributed by atoms with E-state index < -0.39 is 5.97 Å². The fourth-order valence-electron chi connectivity index (χ4n) is 8.32. The third kappa shape index (κ3) is 40.8. The molecule has 61 heavy (non-hydrogen) atoms. The van der Waals surface area contributed by atoms with Crippen molar-refractivity contribution in [2.24, 2.45) is 0 Å². The van der Waals surface area contributed by atoms with Crippen molar-refractivity contribution in [1.82, 2.24) is 0 Å². The lowest BCUT2D eigenvalue weighted by molar-refractivity contribution is -0.384. The minimum absolute atomic E-state index is 0.741. The second-order valence-corrected chi connectivity index (χ2v) is 19.4. The molecule has 1 aromatic carbocycles. The summed E-state index contributed by atoms with van der Waals surface area (Å²) < 4.78 is 20.3. The van der Waals surface area contributed by atoms with E-state index in [-0.39, 0.29) is 0 Å². The SMILES string of the molecule is CC(C)=CCCCCCCCCCCOC(CCCCCCCCCc1ccccc1)(OCCCCCCCCCCC=C(C)C)OCCCCCCCCCCC=C(C)C. The lowest BCUT2D eigenvalue weighted by Gasteiger charge is -2.34. The first kappa shape index (κ1) is 57.3. The van der Waals surface area contributed by atoms with E-state index >= 15 is 0 Å². The maximum Gasteiger partial charge on any atom is 0.282 e. The smallest absolute Gasteiger partial charge is 0.282 e. The Morgan fingerprint density at radius 2 is 0.623 bits per heavy atom. The second-order valence-electron chi connectivity index (χ2n) is 19.4. The predicted octanol–water partition coefficient (Wildman–Crippen LogP) is 19.5. The molecule has 0 fully saturated rings. The van der Waals surface area contributed by atoms with Gasteiger partial charge in [0.05, 0.1) is 19.8 Å². The number of aryl methyl sites for hydroxylation is 1. The number of rotatable bonds is 46. The molecule has 0 atom stereocenters. The van der Waals surface area contributed by atoms with Crippen molar-refractivity contribution in [3.05, 3.63) is 70.8 Å². The molecule has 0 radical (unpaired) electrons. The highest BCUT2D eigenvalue weighted by atomic mass is 16.9. The summed E-state index contributed by atoms with van der Waals surface area (Å²) in [5, 5.41) is 0. The number of hydrogen-bond donors (Lipinski definition) is 0. The van der Waals surface area contributed by atoms with Gasteiger partial charge >= 0.3 is 0 Å². The van der Waals surface area contributed by atoms with Crippen molar-refractivity contribution in [3.63, 3.8) is 0 Å². The Labute approximate surface area is 382 Å². The van der Waals surface area contributed by atoms with Gasteiger partial charge in [0.2, 0.25) is 0 Å². The van der Waals surface area contributed by atoms with Crippen LogP contribution >= 0.6 is 0 Å². The van der Waals surface area contributed by atoms with Crippen molar-refractivity contribution in [3.8, 4) is 0 Å². The molecule has 0 saturated heterocycles. The first-order valence-corrected chi connectivity index (χ1v) is 26.7. The minimum Gasteiger partial charge on any atom is -0.327 e. The first-order valence-electron chi connectivity index (χ1n) is 26.7. The third-order valence-electron chi connectivity index (χ3n) is 12.2. The Hall–Kier alpha value is -1.68. The molecule has 0 amide bonds. The molecule has 0 aromatic heterocycles. The van der Waals surface area contributed by atoms with E-state index in [1.807, 2.05) is 0 Å². The van der Waals surface area contributed by atoms with Crippen LogP contribution in [-0.4, -0.2) is 25.8 Å². The summed E-state index contributed by atoms with van der Waals surface area (Å²) in [5.74, 6) is -0.877. The molecule has 3 nitrogen and oxygen atoms in total. The fourth-order valence-corrected chi connectivity index (χ4v) is 8.32. The number of hydrogen-bond acceptors (Lipinski definition) is 3. The van der Waals surface area contributed by atoms with Gasteiger partial charge in [-0.15, -0.1) is 0 Å². The van der Waals surface area contributed by atoms with E-state index in [1.165, 1.54) is 221 Å². The highest BCUT2D eigenvalue weighted by Gasteiger charge is 2.33. The van der Waals surface area contributed by atoms with Crippen molar-refractivity contribution in [1.29, 1.82) is 0 Å². The van der Waals surface area contributed by atoms with Gasteiger partial charge < -0.3 is 14.2 Å². The summed E-state index contributed by atoms with van der Waals surface area (Å²) in [4.78, 5) is 0. The van der Waals surface area contributed by atoms with E-state index in [0.717, 1.165) is 51.9 Å². The highest BCUT2D eigenvalue weighted by molar-refractivity contribution is 5.14. The summed E-state index contributed by atoms with van der Waals surface area (Å²) in [6.07, 6.45) is 53.2. The van der Waals surface area contributed by atoms with Gasteiger partial charge in [-0.05, 0) is 124 Å². The Morgan fingerprint density at radius 1 is 0.344 bits per heavy atom. The van der Waals surface area contributed by atoms with Crippen LogP contribution in [0, 0.1) is 0 Å². The van der Waals surface area contributed by atoms with Crippen LogP contribution in [0.4, 0.5) is 0 Å². The number of unbranched alkanes of at least 4 members (excludes halogenated alkanes) is 30. The van der Waals surface area contributed by atoms with E-state index in [2.05, 4.69) is 90.1 Å². The first-order chi connectivity index (χ1) is 29.8. The van der Waals surface area contributed by atoms with Crippen molar-refractivity contribution in [2.45, 2.75) is 279 Å². The standard InChI is InChI=1S/C58H104O3/c1-54(2)44-34-25-17-10-7-13-22-30-41-51-59-58(60-52-42-31-23-14-8-11-18-26-35-45-55(3)4,61-53-43-32-24-15-9-12-19-27-36-46-56(5)6)50-40-29-21-16-20-28-37-47-57-48-38-33-39-49-57/h33,38-39,44-46,48-49H,7-32,34-37,40-43,47,50-53H2,1-6H3. The van der Waals surface area contributed by atoms with Gasteiger partial charge in [-0.2, -0.15) is 0 Å². The average molecular weight is 849 g/mol. The monoisotopic (exact) mass is 849 g/mol. The lowest BCUT2D eigenvalue weighted by Crippen LogP contribution is -2.40. The molecule has 0 aliphatic rings. The second kappa shape index (κ2) is 43.6. The molecule has 0 aliphatic carbocycles. The van der Waals surface area contributed by atoms with Crippen molar-refractivity contribution in [2.75, 3.05) is 19.8 Å². The number of allylic oxidation sites excluding steroid dienone is 6. The maximum atomic E-state index is 6.78. The van der Waals surface area contributed by atoms with Gasteiger partial charge in [0.1, 0.15) is 0 Å². The molecule has 3 heteroatoms. The van der Waals surface area contributed by atoms with Gasteiger partial charge in [-0.3, -0.25) is 0 Å². The molecule has 0 aliphatic heterocycles. The lowest BCUT2D eigenvalue weighted by atomic mass is 10.0. The van der Waals surface area contributed by atoms with Gasteiger partial charge in [-0.25, -0.2) is 0 Å². The maximum absolute atomic E-state index is 6.78. The van der Waals surface area contributed by atoms with E-state index in [4.69, 9.17) is 14.2 Å². The van der Waals surface area contributed by atoms with Crippen molar-refractivity contribution >= 4 is 0 Å². The summed E-state index contributed by atoms with van der Waals surface area (Å²) in [6, 6.07) is 11.0. The molecule has 0 bridgehead atoms. The fraction of sp³-hybridized carbons (Fsp3) is 0.793. The van der Waals surface area contributed by atoms with Crippen LogP contribution < -0.4 is 0 Å². The molecule has 0 unspecified atom stereocenters. The third-order valence-corrected chi connectivity index (χ3v) is 12.2. The highest BCUT2D eigenvalue weighted by Crippen LogP contribution is 2.27. The summed E-state index contributed by atoms with van der Waals surface area (Å²) in [7, 11) is 0. The predicted molar refractivity (Wildman–Crippen MR) is 271 cm³/mol. The molecular weight excluding hydrogens is 745 g/mol. The zero-order chi connectivity index (χ0) is 44.2. The largest absolute Gasteiger partial charge is 0.327 e.